The maximum Gasteiger partial charge on any atom is 0.0584 e. The largest absolute Gasteiger partial charge is 0.395 e. The van der Waals surface area contributed by atoms with Crippen LogP contribution in [-0.4, -0.2) is 48.3 Å². The van der Waals surface area contributed by atoms with Crippen molar-refractivity contribution >= 4 is 0 Å². The molecule has 3 heteroatoms. The maximum absolute atomic E-state index is 9.49. The summed E-state index contributed by atoms with van der Waals surface area (Å²) in [7, 11) is 0. The number of likely N-dealkylation sites (tertiary alicyclic amines) is 1. The van der Waals surface area contributed by atoms with E-state index in [1.165, 1.54) is 31.5 Å². The molecule has 0 amide bonds. The molecule has 1 unspecified atom stereocenters. The van der Waals surface area contributed by atoms with E-state index in [1.807, 2.05) is 0 Å². The third-order valence-electron chi connectivity index (χ3n) is 4.59. The number of piperidine rings is 1. The highest BCUT2D eigenvalue weighted by molar-refractivity contribution is 5.14. The Hall–Kier alpha value is -0.900. The Labute approximate surface area is 135 Å². The highest BCUT2D eigenvalue weighted by atomic mass is 16.3. The van der Waals surface area contributed by atoms with Crippen molar-refractivity contribution in [3.8, 4) is 0 Å². The zero-order valence-electron chi connectivity index (χ0n) is 14.2. The van der Waals surface area contributed by atoms with Crippen molar-refractivity contribution in [1.82, 2.24) is 10.2 Å². The Morgan fingerprint density at radius 1 is 1.18 bits per heavy atom. The van der Waals surface area contributed by atoms with Crippen molar-refractivity contribution in [2.45, 2.75) is 51.6 Å². The fraction of sp³-hybridized carbons (Fsp3) is 0.684. The Balaban J connectivity index is 1.67. The molecule has 1 aromatic carbocycles. The Kier molecular flexibility index (Phi) is 7.37. The highest BCUT2D eigenvalue weighted by Crippen LogP contribution is 2.14. The van der Waals surface area contributed by atoms with E-state index in [2.05, 4.69) is 54.4 Å². The van der Waals surface area contributed by atoms with Crippen LogP contribution >= 0.6 is 0 Å². The van der Waals surface area contributed by atoms with Gasteiger partial charge in [-0.1, -0.05) is 44.2 Å². The van der Waals surface area contributed by atoms with E-state index in [-0.39, 0.29) is 12.6 Å². The minimum absolute atomic E-state index is 0.256. The van der Waals surface area contributed by atoms with Crippen LogP contribution < -0.4 is 5.32 Å². The molecule has 0 aliphatic carbocycles. The van der Waals surface area contributed by atoms with Gasteiger partial charge in [0.1, 0.15) is 0 Å². The topological polar surface area (TPSA) is 35.5 Å². The molecule has 3 nitrogen and oxygen atoms in total. The van der Waals surface area contributed by atoms with Crippen molar-refractivity contribution in [3.63, 3.8) is 0 Å². The molecule has 1 fully saturated rings. The first-order valence-electron chi connectivity index (χ1n) is 8.80. The smallest absolute Gasteiger partial charge is 0.0584 e. The summed E-state index contributed by atoms with van der Waals surface area (Å²) in [6, 6.07) is 11.6. The first-order chi connectivity index (χ1) is 10.7. The average Bonchev–Trinajstić information content (AvgIpc) is 2.54. The number of benzene rings is 1. The summed E-state index contributed by atoms with van der Waals surface area (Å²) in [4.78, 5) is 2.57. The van der Waals surface area contributed by atoms with Crippen LogP contribution in [0.3, 0.4) is 0 Å². The Morgan fingerprint density at radius 3 is 2.45 bits per heavy atom. The molecule has 1 aromatic rings. The summed E-state index contributed by atoms with van der Waals surface area (Å²) in [6.45, 7) is 8.19. The first-order valence-corrected chi connectivity index (χ1v) is 8.80. The first kappa shape index (κ1) is 17.5. The SMILES string of the molecule is CC(C)CC(CO)NC1CCN(CCc2ccccc2)CC1. The van der Waals surface area contributed by atoms with Crippen LogP contribution in [0.15, 0.2) is 30.3 Å². The molecular weight excluding hydrogens is 272 g/mol. The zero-order valence-corrected chi connectivity index (χ0v) is 14.2. The van der Waals surface area contributed by atoms with Crippen LogP contribution in [0.4, 0.5) is 0 Å². The number of nitrogens with one attached hydrogen (secondary N) is 1. The van der Waals surface area contributed by atoms with Crippen molar-refractivity contribution in [3.05, 3.63) is 35.9 Å². The van der Waals surface area contributed by atoms with E-state index in [4.69, 9.17) is 0 Å². The summed E-state index contributed by atoms with van der Waals surface area (Å²) in [5.74, 6) is 0.635. The minimum Gasteiger partial charge on any atom is -0.395 e. The van der Waals surface area contributed by atoms with Gasteiger partial charge in [-0.05, 0) is 50.3 Å². The summed E-state index contributed by atoms with van der Waals surface area (Å²) in [5.41, 5.74) is 1.43. The number of rotatable bonds is 8. The van der Waals surface area contributed by atoms with E-state index in [9.17, 15) is 5.11 Å². The van der Waals surface area contributed by atoms with Crippen LogP contribution in [0.25, 0.3) is 0 Å². The van der Waals surface area contributed by atoms with Gasteiger partial charge < -0.3 is 15.3 Å². The van der Waals surface area contributed by atoms with Crippen molar-refractivity contribution in [2.75, 3.05) is 26.2 Å². The van der Waals surface area contributed by atoms with Crippen LogP contribution in [0.1, 0.15) is 38.7 Å². The highest BCUT2D eigenvalue weighted by Gasteiger charge is 2.21. The number of aliphatic hydroxyl groups excluding tert-OH is 1. The normalized spacial score (nSPS) is 18.7. The molecule has 0 spiro atoms. The van der Waals surface area contributed by atoms with Crippen LogP contribution in [-0.2, 0) is 6.42 Å². The summed E-state index contributed by atoms with van der Waals surface area (Å²) >= 11 is 0. The van der Waals surface area contributed by atoms with Gasteiger partial charge in [0.25, 0.3) is 0 Å². The summed E-state index contributed by atoms with van der Waals surface area (Å²) < 4.78 is 0. The number of nitrogens with zero attached hydrogens (tertiary/aromatic N) is 1. The Bertz CT molecular complexity index is 399. The lowest BCUT2D eigenvalue weighted by molar-refractivity contribution is 0.164. The fourth-order valence-electron chi connectivity index (χ4n) is 3.35. The van der Waals surface area contributed by atoms with Crippen molar-refractivity contribution in [2.24, 2.45) is 5.92 Å². The molecule has 1 aliphatic heterocycles. The monoisotopic (exact) mass is 304 g/mol. The molecule has 124 valence electrons. The lowest BCUT2D eigenvalue weighted by Gasteiger charge is -2.34. The third-order valence-corrected chi connectivity index (χ3v) is 4.59. The van der Waals surface area contributed by atoms with E-state index < -0.39 is 0 Å². The number of hydrogen-bond donors (Lipinski definition) is 2. The van der Waals surface area contributed by atoms with Crippen LogP contribution in [0.5, 0.6) is 0 Å². The van der Waals surface area contributed by atoms with Crippen molar-refractivity contribution < 1.29 is 5.11 Å². The van der Waals surface area contributed by atoms with Crippen LogP contribution in [0, 0.1) is 5.92 Å². The second-order valence-electron chi connectivity index (χ2n) is 7.03. The molecular formula is C19H32N2O. The van der Waals surface area contributed by atoms with Gasteiger partial charge in [0.15, 0.2) is 0 Å². The van der Waals surface area contributed by atoms with E-state index in [0.717, 1.165) is 19.4 Å². The van der Waals surface area contributed by atoms with E-state index in [0.29, 0.717) is 12.0 Å². The Morgan fingerprint density at radius 2 is 1.86 bits per heavy atom. The molecule has 1 aliphatic rings. The minimum atomic E-state index is 0.256. The number of hydrogen-bond acceptors (Lipinski definition) is 3. The lowest BCUT2D eigenvalue weighted by Crippen LogP contribution is -2.48. The predicted molar refractivity (Wildman–Crippen MR) is 93.1 cm³/mol. The average molecular weight is 304 g/mol. The van der Waals surface area contributed by atoms with Gasteiger partial charge in [0, 0.05) is 18.6 Å². The summed E-state index contributed by atoms with van der Waals surface area (Å²) in [5, 5.41) is 13.1. The van der Waals surface area contributed by atoms with Gasteiger partial charge in [-0.25, -0.2) is 0 Å². The fourth-order valence-corrected chi connectivity index (χ4v) is 3.35. The predicted octanol–water partition coefficient (Wildman–Crippen LogP) is 2.69. The molecule has 1 heterocycles. The van der Waals surface area contributed by atoms with Gasteiger partial charge in [-0.15, -0.1) is 0 Å². The van der Waals surface area contributed by atoms with Gasteiger partial charge in [0.05, 0.1) is 6.61 Å². The summed E-state index contributed by atoms with van der Waals surface area (Å²) in [6.07, 6.45) is 4.60. The quantitative estimate of drug-likeness (QED) is 0.775. The van der Waals surface area contributed by atoms with E-state index >= 15 is 0 Å². The molecule has 1 saturated heterocycles. The van der Waals surface area contributed by atoms with Gasteiger partial charge in [-0.3, -0.25) is 0 Å². The standard InChI is InChI=1S/C19H32N2O/c1-16(2)14-19(15-22)20-18-9-12-21(13-10-18)11-8-17-6-4-3-5-7-17/h3-7,16,18-20,22H,8-15H2,1-2H3. The number of aliphatic hydroxyl groups is 1. The lowest BCUT2D eigenvalue weighted by atomic mass is 9.99. The maximum atomic E-state index is 9.49. The second-order valence-corrected chi connectivity index (χ2v) is 7.03. The molecule has 22 heavy (non-hydrogen) atoms. The van der Waals surface area contributed by atoms with E-state index in [1.54, 1.807) is 0 Å². The molecule has 2 N–H and O–H groups in total. The third kappa shape index (κ3) is 6.07. The second kappa shape index (κ2) is 9.29. The molecule has 1 atom stereocenters. The van der Waals surface area contributed by atoms with Crippen LogP contribution in [0.2, 0.25) is 0 Å². The van der Waals surface area contributed by atoms with Gasteiger partial charge in [-0.2, -0.15) is 0 Å². The molecule has 0 radical (unpaired) electrons. The molecule has 0 bridgehead atoms. The van der Waals surface area contributed by atoms with Crippen molar-refractivity contribution in [1.29, 1.82) is 0 Å². The molecule has 0 aromatic heterocycles. The molecule has 0 saturated carbocycles. The van der Waals surface area contributed by atoms with Gasteiger partial charge >= 0.3 is 0 Å². The zero-order chi connectivity index (χ0) is 15.8. The van der Waals surface area contributed by atoms with Gasteiger partial charge in [0.2, 0.25) is 0 Å². The molecule has 2 rings (SSSR count).